The number of hydrogen-bond acceptors (Lipinski definition) is 3. The van der Waals surface area contributed by atoms with Crippen molar-refractivity contribution in [3.05, 3.63) is 23.9 Å². The average Bonchev–Trinajstić information content (AvgIpc) is 2.94. The van der Waals surface area contributed by atoms with E-state index in [-0.39, 0.29) is 12.0 Å². The lowest BCUT2D eigenvalue weighted by molar-refractivity contribution is 0.0745. The molecule has 1 amide bonds. The van der Waals surface area contributed by atoms with Gasteiger partial charge in [-0.15, -0.1) is 0 Å². The molecule has 21 heavy (non-hydrogen) atoms. The van der Waals surface area contributed by atoms with Crippen LogP contribution in [0.25, 0.3) is 0 Å². The third-order valence-corrected chi connectivity index (χ3v) is 4.64. The van der Waals surface area contributed by atoms with Crippen molar-refractivity contribution in [2.75, 3.05) is 6.54 Å². The molecule has 1 saturated carbocycles. The third-order valence-electron chi connectivity index (χ3n) is 4.64. The molecule has 1 aliphatic heterocycles. The fourth-order valence-corrected chi connectivity index (χ4v) is 3.36. The summed E-state index contributed by atoms with van der Waals surface area (Å²) in [5.41, 5.74) is 0.699. The number of hydrogen-bond donors (Lipinski definition) is 0. The minimum atomic E-state index is 0.107. The van der Waals surface area contributed by atoms with Gasteiger partial charge in [0.25, 0.3) is 5.91 Å². The summed E-state index contributed by atoms with van der Waals surface area (Å²) >= 11 is 0. The fraction of sp³-hybridized carbons (Fsp3) is 0.647. The zero-order valence-electron chi connectivity index (χ0n) is 12.8. The number of rotatable bonds is 3. The Hall–Kier alpha value is -1.58. The van der Waals surface area contributed by atoms with E-state index in [1.165, 1.54) is 19.3 Å². The molecule has 0 unspecified atom stereocenters. The maximum atomic E-state index is 12.5. The summed E-state index contributed by atoms with van der Waals surface area (Å²) in [6, 6.07) is 3.94. The maximum absolute atomic E-state index is 12.5. The van der Waals surface area contributed by atoms with Gasteiger partial charge in [-0.25, -0.2) is 4.98 Å². The Labute approximate surface area is 126 Å². The standard InChI is InChI=1S/C17H24N2O2/c1-13-6-5-11-19(13)17(20)14-9-10-18-16(12-14)21-15-7-3-2-4-8-15/h9-10,12-13,15H,2-8,11H2,1H3/t13-/m1/s1. The van der Waals surface area contributed by atoms with Gasteiger partial charge in [-0.05, 0) is 51.5 Å². The smallest absolute Gasteiger partial charge is 0.254 e. The molecule has 2 heterocycles. The normalized spacial score (nSPS) is 23.3. The van der Waals surface area contributed by atoms with Crippen LogP contribution in [-0.2, 0) is 0 Å². The van der Waals surface area contributed by atoms with Crippen LogP contribution in [0.1, 0.15) is 62.2 Å². The van der Waals surface area contributed by atoms with E-state index >= 15 is 0 Å². The van der Waals surface area contributed by atoms with Gasteiger partial charge in [-0.2, -0.15) is 0 Å². The number of aromatic nitrogens is 1. The first-order valence-electron chi connectivity index (χ1n) is 8.18. The Morgan fingerprint density at radius 2 is 2.05 bits per heavy atom. The van der Waals surface area contributed by atoms with Gasteiger partial charge in [-0.3, -0.25) is 4.79 Å². The molecule has 2 aliphatic rings. The molecule has 1 aliphatic carbocycles. The zero-order valence-corrected chi connectivity index (χ0v) is 12.8. The predicted molar refractivity (Wildman–Crippen MR) is 81.5 cm³/mol. The van der Waals surface area contributed by atoms with Crippen molar-refractivity contribution in [2.24, 2.45) is 0 Å². The summed E-state index contributed by atoms with van der Waals surface area (Å²) in [6.45, 7) is 2.98. The van der Waals surface area contributed by atoms with Crippen molar-refractivity contribution in [3.63, 3.8) is 0 Å². The fourth-order valence-electron chi connectivity index (χ4n) is 3.36. The molecule has 0 aromatic carbocycles. The molecule has 0 N–H and O–H groups in total. The van der Waals surface area contributed by atoms with Crippen molar-refractivity contribution in [3.8, 4) is 5.88 Å². The highest BCUT2D eigenvalue weighted by Crippen LogP contribution is 2.24. The first kappa shape index (κ1) is 14.4. The second-order valence-electron chi connectivity index (χ2n) is 6.25. The van der Waals surface area contributed by atoms with Crippen LogP contribution >= 0.6 is 0 Å². The highest BCUT2D eigenvalue weighted by Gasteiger charge is 2.26. The van der Waals surface area contributed by atoms with Gasteiger partial charge in [0.15, 0.2) is 0 Å². The first-order valence-corrected chi connectivity index (χ1v) is 8.18. The number of carbonyl (C=O) groups is 1. The Bertz CT molecular complexity index is 497. The molecule has 0 radical (unpaired) electrons. The highest BCUT2D eigenvalue weighted by molar-refractivity contribution is 5.94. The third kappa shape index (κ3) is 3.36. The van der Waals surface area contributed by atoms with E-state index in [0.29, 0.717) is 17.5 Å². The Morgan fingerprint density at radius 3 is 2.76 bits per heavy atom. The number of likely N-dealkylation sites (tertiary alicyclic amines) is 1. The van der Waals surface area contributed by atoms with E-state index in [1.54, 1.807) is 12.3 Å². The van der Waals surface area contributed by atoms with Crippen molar-refractivity contribution in [1.82, 2.24) is 9.88 Å². The number of pyridine rings is 1. The molecule has 0 spiro atoms. The van der Waals surface area contributed by atoms with E-state index in [1.807, 2.05) is 11.0 Å². The second-order valence-corrected chi connectivity index (χ2v) is 6.25. The quantitative estimate of drug-likeness (QED) is 0.856. The van der Waals surface area contributed by atoms with Gasteiger partial charge in [0.2, 0.25) is 5.88 Å². The van der Waals surface area contributed by atoms with Gasteiger partial charge in [0.05, 0.1) is 0 Å². The molecule has 1 atom stereocenters. The number of amides is 1. The lowest BCUT2D eigenvalue weighted by Gasteiger charge is -2.23. The summed E-state index contributed by atoms with van der Waals surface area (Å²) in [5.74, 6) is 0.704. The van der Waals surface area contributed by atoms with Gasteiger partial charge in [0.1, 0.15) is 6.10 Å². The van der Waals surface area contributed by atoms with Crippen LogP contribution in [0.4, 0.5) is 0 Å². The van der Waals surface area contributed by atoms with Crippen molar-refractivity contribution in [1.29, 1.82) is 0 Å². The average molecular weight is 288 g/mol. The molecule has 3 rings (SSSR count). The summed E-state index contributed by atoms with van der Waals surface area (Å²) in [5, 5.41) is 0. The van der Waals surface area contributed by atoms with E-state index in [0.717, 1.165) is 32.2 Å². The van der Waals surface area contributed by atoms with Crippen LogP contribution in [0.3, 0.4) is 0 Å². The molecule has 4 nitrogen and oxygen atoms in total. The van der Waals surface area contributed by atoms with Crippen LogP contribution in [0.15, 0.2) is 18.3 Å². The minimum Gasteiger partial charge on any atom is -0.474 e. The minimum absolute atomic E-state index is 0.107. The molecule has 1 aromatic rings. The van der Waals surface area contributed by atoms with Crippen LogP contribution < -0.4 is 4.74 Å². The molecular formula is C17H24N2O2. The number of nitrogens with zero attached hydrogens (tertiary/aromatic N) is 2. The summed E-state index contributed by atoms with van der Waals surface area (Å²) in [4.78, 5) is 18.8. The molecule has 4 heteroatoms. The van der Waals surface area contributed by atoms with Crippen LogP contribution in [0.2, 0.25) is 0 Å². The monoisotopic (exact) mass is 288 g/mol. The second kappa shape index (κ2) is 6.46. The van der Waals surface area contributed by atoms with E-state index in [9.17, 15) is 4.79 Å². The largest absolute Gasteiger partial charge is 0.474 e. The van der Waals surface area contributed by atoms with Gasteiger partial charge >= 0.3 is 0 Å². The van der Waals surface area contributed by atoms with E-state index in [2.05, 4.69) is 11.9 Å². The van der Waals surface area contributed by atoms with Crippen LogP contribution in [0, 0.1) is 0 Å². The van der Waals surface area contributed by atoms with Crippen LogP contribution in [0.5, 0.6) is 5.88 Å². The van der Waals surface area contributed by atoms with Gasteiger partial charge < -0.3 is 9.64 Å². The summed E-state index contributed by atoms with van der Waals surface area (Å²) in [7, 11) is 0. The van der Waals surface area contributed by atoms with Crippen LogP contribution in [-0.4, -0.2) is 34.5 Å². The summed E-state index contributed by atoms with van der Waals surface area (Å²) < 4.78 is 5.95. The van der Waals surface area contributed by atoms with Crippen molar-refractivity contribution >= 4 is 5.91 Å². The SMILES string of the molecule is C[C@@H]1CCCN1C(=O)c1ccnc(OC2CCCCC2)c1. The number of carbonyl (C=O) groups excluding carboxylic acids is 1. The lowest BCUT2D eigenvalue weighted by atomic mass is 9.98. The maximum Gasteiger partial charge on any atom is 0.254 e. The Morgan fingerprint density at radius 1 is 1.24 bits per heavy atom. The topological polar surface area (TPSA) is 42.4 Å². The molecule has 0 bridgehead atoms. The Kier molecular flexibility index (Phi) is 4.42. The van der Waals surface area contributed by atoms with Gasteiger partial charge in [-0.1, -0.05) is 6.42 Å². The molecule has 2 fully saturated rings. The number of ether oxygens (including phenoxy) is 1. The summed E-state index contributed by atoms with van der Waals surface area (Å²) in [6.07, 6.45) is 10.1. The van der Waals surface area contributed by atoms with Crippen molar-refractivity contribution in [2.45, 2.75) is 64.0 Å². The molecule has 1 aromatic heterocycles. The van der Waals surface area contributed by atoms with E-state index in [4.69, 9.17) is 4.74 Å². The zero-order chi connectivity index (χ0) is 14.7. The highest BCUT2D eigenvalue weighted by atomic mass is 16.5. The van der Waals surface area contributed by atoms with E-state index < -0.39 is 0 Å². The first-order chi connectivity index (χ1) is 10.2. The van der Waals surface area contributed by atoms with Gasteiger partial charge in [0, 0.05) is 30.4 Å². The molecule has 1 saturated heterocycles. The Balaban J connectivity index is 1.68. The predicted octanol–water partition coefficient (Wildman–Crippen LogP) is 3.42. The molecule has 114 valence electrons. The van der Waals surface area contributed by atoms with Crippen molar-refractivity contribution < 1.29 is 9.53 Å². The molecular weight excluding hydrogens is 264 g/mol. The lowest BCUT2D eigenvalue weighted by Crippen LogP contribution is -2.33.